The summed E-state index contributed by atoms with van der Waals surface area (Å²) in [7, 11) is 0. The molecule has 18 heavy (non-hydrogen) atoms. The van der Waals surface area contributed by atoms with Gasteiger partial charge in [-0.05, 0) is 39.4 Å². The maximum atomic E-state index is 3.58. The lowest BCUT2D eigenvalue weighted by atomic mass is 10.2. The standard InChI is InChI=1S/C15H33N3/c1-5-8-10-16-12-14(4)18-11-9-15(13-18)17(6-2)7-3/h14-16H,5-13H2,1-4H3. The van der Waals surface area contributed by atoms with Crippen LogP contribution in [0.1, 0.15) is 47.0 Å². The summed E-state index contributed by atoms with van der Waals surface area (Å²) in [5.41, 5.74) is 0. The first kappa shape index (κ1) is 15.9. The number of likely N-dealkylation sites (N-methyl/N-ethyl adjacent to an activating group) is 1. The van der Waals surface area contributed by atoms with Crippen LogP contribution in [0, 0.1) is 0 Å². The van der Waals surface area contributed by atoms with E-state index in [-0.39, 0.29) is 0 Å². The third-order valence-electron chi connectivity index (χ3n) is 4.29. The van der Waals surface area contributed by atoms with E-state index in [0.717, 1.165) is 12.6 Å². The molecule has 0 radical (unpaired) electrons. The third kappa shape index (κ3) is 4.87. The fraction of sp³-hybridized carbons (Fsp3) is 1.00. The topological polar surface area (TPSA) is 18.5 Å². The maximum absolute atomic E-state index is 3.58. The van der Waals surface area contributed by atoms with E-state index in [4.69, 9.17) is 0 Å². The van der Waals surface area contributed by atoms with E-state index in [2.05, 4.69) is 42.8 Å². The van der Waals surface area contributed by atoms with Crippen molar-refractivity contribution in [2.75, 3.05) is 39.3 Å². The minimum absolute atomic E-state index is 0.683. The maximum Gasteiger partial charge on any atom is 0.0235 e. The van der Waals surface area contributed by atoms with Gasteiger partial charge in [0.2, 0.25) is 0 Å². The predicted molar refractivity (Wildman–Crippen MR) is 80.1 cm³/mol. The Balaban J connectivity index is 2.23. The molecule has 1 aliphatic heterocycles. The highest BCUT2D eigenvalue weighted by Gasteiger charge is 2.28. The number of hydrogen-bond acceptors (Lipinski definition) is 3. The van der Waals surface area contributed by atoms with Gasteiger partial charge in [-0.25, -0.2) is 0 Å². The number of unbranched alkanes of at least 4 members (excludes halogenated alkanes) is 1. The largest absolute Gasteiger partial charge is 0.315 e. The summed E-state index contributed by atoms with van der Waals surface area (Å²) in [4.78, 5) is 5.26. The van der Waals surface area contributed by atoms with Gasteiger partial charge in [0, 0.05) is 31.7 Å². The molecule has 2 atom stereocenters. The molecule has 3 nitrogen and oxygen atoms in total. The summed E-state index contributed by atoms with van der Waals surface area (Å²) in [6.07, 6.45) is 3.94. The average Bonchev–Trinajstić information content (AvgIpc) is 2.86. The van der Waals surface area contributed by atoms with Crippen molar-refractivity contribution in [2.24, 2.45) is 0 Å². The van der Waals surface area contributed by atoms with Crippen molar-refractivity contribution in [2.45, 2.75) is 59.0 Å². The molecule has 108 valence electrons. The molecule has 0 amide bonds. The van der Waals surface area contributed by atoms with Gasteiger partial charge in [-0.1, -0.05) is 27.2 Å². The summed E-state index contributed by atoms with van der Waals surface area (Å²) in [6.45, 7) is 16.4. The Morgan fingerprint density at radius 3 is 2.61 bits per heavy atom. The summed E-state index contributed by atoms with van der Waals surface area (Å²) in [5, 5.41) is 3.58. The second-order valence-electron chi connectivity index (χ2n) is 5.57. The monoisotopic (exact) mass is 255 g/mol. The predicted octanol–water partition coefficient (Wildman–Crippen LogP) is 2.18. The van der Waals surface area contributed by atoms with Crippen LogP contribution in [-0.2, 0) is 0 Å². The molecule has 1 aliphatic rings. The van der Waals surface area contributed by atoms with Crippen molar-refractivity contribution in [1.29, 1.82) is 0 Å². The number of hydrogen-bond donors (Lipinski definition) is 1. The van der Waals surface area contributed by atoms with Gasteiger partial charge in [0.1, 0.15) is 0 Å². The Hall–Kier alpha value is -0.120. The molecule has 0 spiro atoms. The zero-order chi connectivity index (χ0) is 13.4. The Morgan fingerprint density at radius 2 is 2.00 bits per heavy atom. The summed E-state index contributed by atoms with van der Waals surface area (Å²) in [5.74, 6) is 0. The van der Waals surface area contributed by atoms with E-state index >= 15 is 0 Å². The van der Waals surface area contributed by atoms with Gasteiger partial charge in [-0.3, -0.25) is 9.80 Å². The Morgan fingerprint density at radius 1 is 1.28 bits per heavy atom. The quantitative estimate of drug-likeness (QED) is 0.637. The molecule has 0 aromatic rings. The van der Waals surface area contributed by atoms with Crippen LogP contribution in [0.4, 0.5) is 0 Å². The first-order valence-electron chi connectivity index (χ1n) is 7.91. The normalized spacial score (nSPS) is 22.8. The van der Waals surface area contributed by atoms with Gasteiger partial charge in [0.15, 0.2) is 0 Å². The Bertz CT molecular complexity index is 204. The molecule has 1 fully saturated rings. The molecule has 0 aliphatic carbocycles. The molecule has 1 heterocycles. The van der Waals surface area contributed by atoms with Crippen LogP contribution in [0.3, 0.4) is 0 Å². The molecular weight excluding hydrogens is 222 g/mol. The van der Waals surface area contributed by atoms with Crippen molar-refractivity contribution in [3.05, 3.63) is 0 Å². The summed E-state index contributed by atoms with van der Waals surface area (Å²) in [6, 6.07) is 1.47. The number of nitrogens with one attached hydrogen (secondary N) is 1. The van der Waals surface area contributed by atoms with Gasteiger partial charge in [0.05, 0.1) is 0 Å². The van der Waals surface area contributed by atoms with Crippen LogP contribution in [-0.4, -0.2) is 61.2 Å². The highest BCUT2D eigenvalue weighted by atomic mass is 15.3. The first-order chi connectivity index (χ1) is 8.72. The van der Waals surface area contributed by atoms with Crippen LogP contribution >= 0.6 is 0 Å². The molecule has 1 rings (SSSR count). The molecule has 2 unspecified atom stereocenters. The Kier molecular flexibility index (Phi) is 7.87. The molecule has 0 aromatic heterocycles. The molecule has 0 saturated carbocycles. The van der Waals surface area contributed by atoms with Crippen LogP contribution in [0.15, 0.2) is 0 Å². The first-order valence-corrected chi connectivity index (χ1v) is 7.91. The van der Waals surface area contributed by atoms with E-state index in [1.807, 2.05) is 0 Å². The minimum atomic E-state index is 0.683. The van der Waals surface area contributed by atoms with E-state index in [0.29, 0.717) is 6.04 Å². The van der Waals surface area contributed by atoms with Crippen LogP contribution in [0.2, 0.25) is 0 Å². The second kappa shape index (κ2) is 8.89. The lowest BCUT2D eigenvalue weighted by Gasteiger charge is -2.28. The fourth-order valence-electron chi connectivity index (χ4n) is 2.95. The van der Waals surface area contributed by atoms with Gasteiger partial charge in [-0.15, -0.1) is 0 Å². The molecule has 0 bridgehead atoms. The van der Waals surface area contributed by atoms with E-state index < -0.39 is 0 Å². The summed E-state index contributed by atoms with van der Waals surface area (Å²) >= 11 is 0. The van der Waals surface area contributed by atoms with Gasteiger partial charge < -0.3 is 5.32 Å². The Labute approximate surface area is 114 Å². The average molecular weight is 255 g/mol. The SMILES string of the molecule is CCCCNCC(C)N1CCC(N(CC)CC)C1. The summed E-state index contributed by atoms with van der Waals surface area (Å²) < 4.78 is 0. The zero-order valence-corrected chi connectivity index (χ0v) is 12.9. The van der Waals surface area contributed by atoms with Gasteiger partial charge in [0.25, 0.3) is 0 Å². The van der Waals surface area contributed by atoms with Crippen LogP contribution < -0.4 is 5.32 Å². The number of nitrogens with zero attached hydrogens (tertiary/aromatic N) is 2. The second-order valence-corrected chi connectivity index (χ2v) is 5.57. The van der Waals surface area contributed by atoms with Crippen molar-refractivity contribution < 1.29 is 0 Å². The van der Waals surface area contributed by atoms with E-state index in [1.54, 1.807) is 0 Å². The number of likely N-dealkylation sites (tertiary alicyclic amines) is 1. The van der Waals surface area contributed by atoms with E-state index in [1.165, 1.54) is 52.0 Å². The van der Waals surface area contributed by atoms with Crippen LogP contribution in [0.5, 0.6) is 0 Å². The van der Waals surface area contributed by atoms with Crippen molar-refractivity contribution >= 4 is 0 Å². The van der Waals surface area contributed by atoms with Gasteiger partial charge >= 0.3 is 0 Å². The smallest absolute Gasteiger partial charge is 0.0235 e. The highest BCUT2D eigenvalue weighted by molar-refractivity contribution is 4.85. The fourth-order valence-corrected chi connectivity index (χ4v) is 2.95. The molecule has 0 aromatic carbocycles. The van der Waals surface area contributed by atoms with Crippen LogP contribution in [0.25, 0.3) is 0 Å². The molecular formula is C15H33N3. The van der Waals surface area contributed by atoms with Crippen molar-refractivity contribution in [1.82, 2.24) is 15.1 Å². The minimum Gasteiger partial charge on any atom is -0.315 e. The molecule has 1 N–H and O–H groups in total. The van der Waals surface area contributed by atoms with Gasteiger partial charge in [-0.2, -0.15) is 0 Å². The molecule has 3 heteroatoms. The van der Waals surface area contributed by atoms with Crippen molar-refractivity contribution in [3.63, 3.8) is 0 Å². The van der Waals surface area contributed by atoms with Crippen molar-refractivity contribution in [3.8, 4) is 0 Å². The zero-order valence-electron chi connectivity index (χ0n) is 12.9. The lowest BCUT2D eigenvalue weighted by Crippen LogP contribution is -2.42. The molecule has 1 saturated heterocycles. The highest BCUT2D eigenvalue weighted by Crippen LogP contribution is 2.17. The lowest BCUT2D eigenvalue weighted by molar-refractivity contribution is 0.191. The third-order valence-corrected chi connectivity index (χ3v) is 4.29. The number of rotatable bonds is 9. The van der Waals surface area contributed by atoms with E-state index in [9.17, 15) is 0 Å².